The highest BCUT2D eigenvalue weighted by molar-refractivity contribution is 7.89. The molecule has 7 nitrogen and oxygen atoms in total. The Balaban J connectivity index is 1.69. The van der Waals surface area contributed by atoms with Crippen LogP contribution in [0.3, 0.4) is 0 Å². The number of carbonyl (C=O) groups is 1. The summed E-state index contributed by atoms with van der Waals surface area (Å²) < 4.78 is 37.6. The van der Waals surface area contributed by atoms with Crippen molar-refractivity contribution < 1.29 is 22.7 Å². The lowest BCUT2D eigenvalue weighted by Crippen LogP contribution is -2.41. The minimum absolute atomic E-state index is 0.0907. The molecule has 0 aromatic heterocycles. The predicted molar refractivity (Wildman–Crippen MR) is 92.3 cm³/mol. The quantitative estimate of drug-likeness (QED) is 0.852. The number of carbonyl (C=O) groups excluding carboxylic acids is 1. The van der Waals surface area contributed by atoms with Crippen LogP contribution in [0.1, 0.15) is 32.1 Å². The fraction of sp³-hybridized carbons (Fsp3) is 0.588. The maximum atomic E-state index is 12.7. The van der Waals surface area contributed by atoms with Crippen LogP contribution >= 0.6 is 0 Å². The highest BCUT2D eigenvalue weighted by atomic mass is 32.2. The highest BCUT2D eigenvalue weighted by Crippen LogP contribution is 2.32. The van der Waals surface area contributed by atoms with Crippen molar-refractivity contribution in [3.8, 4) is 11.5 Å². The van der Waals surface area contributed by atoms with Crippen molar-refractivity contribution in [2.75, 3.05) is 26.8 Å². The summed E-state index contributed by atoms with van der Waals surface area (Å²) in [5.74, 6) is 0.688. The van der Waals surface area contributed by atoms with Gasteiger partial charge in [-0.3, -0.25) is 4.79 Å². The summed E-state index contributed by atoms with van der Waals surface area (Å²) in [6, 6.07) is 4.71. The molecule has 3 rings (SSSR count). The molecule has 1 saturated carbocycles. The van der Waals surface area contributed by atoms with E-state index in [4.69, 9.17) is 9.47 Å². The summed E-state index contributed by atoms with van der Waals surface area (Å²) in [6.07, 6.45) is 4.89. The Morgan fingerprint density at radius 2 is 1.84 bits per heavy atom. The lowest BCUT2D eigenvalue weighted by molar-refractivity contribution is -0.121. The zero-order valence-corrected chi connectivity index (χ0v) is 15.2. The van der Waals surface area contributed by atoms with E-state index in [2.05, 4.69) is 5.32 Å². The Kier molecular flexibility index (Phi) is 5.48. The number of amides is 1. The van der Waals surface area contributed by atoms with E-state index in [1.807, 2.05) is 0 Å². The molecule has 1 fully saturated rings. The number of ether oxygens (including phenoxy) is 2. The summed E-state index contributed by atoms with van der Waals surface area (Å²) in [5.41, 5.74) is 0. The van der Waals surface area contributed by atoms with Crippen LogP contribution in [-0.2, 0) is 14.8 Å². The number of benzene rings is 1. The molecule has 8 heteroatoms. The third-order valence-corrected chi connectivity index (χ3v) is 6.31. The summed E-state index contributed by atoms with van der Waals surface area (Å²) in [4.78, 5) is 12.2. The van der Waals surface area contributed by atoms with E-state index >= 15 is 0 Å². The molecule has 0 bridgehead atoms. The minimum atomic E-state index is -3.78. The number of fused-ring (bicyclic) bond motifs is 1. The smallest absolute Gasteiger partial charge is 0.243 e. The summed E-state index contributed by atoms with van der Waals surface area (Å²) in [7, 11) is -2.37. The van der Waals surface area contributed by atoms with E-state index in [0.29, 0.717) is 24.7 Å². The van der Waals surface area contributed by atoms with Crippen LogP contribution in [0.2, 0.25) is 0 Å². The van der Waals surface area contributed by atoms with E-state index in [1.54, 1.807) is 6.07 Å². The van der Waals surface area contributed by atoms with Crippen molar-refractivity contribution in [2.24, 2.45) is 0 Å². The lowest BCUT2D eigenvalue weighted by atomic mass is 10.2. The van der Waals surface area contributed by atoms with Crippen LogP contribution in [-0.4, -0.2) is 51.5 Å². The van der Waals surface area contributed by atoms with Gasteiger partial charge in [0.25, 0.3) is 0 Å². The van der Waals surface area contributed by atoms with Crippen molar-refractivity contribution in [2.45, 2.75) is 43.0 Å². The molecule has 2 aliphatic rings. The summed E-state index contributed by atoms with van der Waals surface area (Å²) >= 11 is 0. The average molecular weight is 368 g/mol. The van der Waals surface area contributed by atoms with Crippen LogP contribution < -0.4 is 14.8 Å². The van der Waals surface area contributed by atoms with Gasteiger partial charge in [0, 0.05) is 25.6 Å². The molecule has 0 saturated heterocycles. The molecule has 0 atom stereocenters. The molecule has 1 N–H and O–H groups in total. The van der Waals surface area contributed by atoms with Crippen molar-refractivity contribution in [1.29, 1.82) is 0 Å². The Morgan fingerprint density at radius 3 is 2.56 bits per heavy atom. The van der Waals surface area contributed by atoms with E-state index in [1.165, 1.54) is 19.2 Å². The van der Waals surface area contributed by atoms with E-state index in [-0.39, 0.29) is 23.4 Å². The van der Waals surface area contributed by atoms with Gasteiger partial charge in [-0.25, -0.2) is 8.42 Å². The average Bonchev–Trinajstić information content (AvgIpc) is 2.96. The van der Waals surface area contributed by atoms with Gasteiger partial charge < -0.3 is 14.8 Å². The summed E-state index contributed by atoms with van der Waals surface area (Å²) in [6.45, 7) is 0.823. The second-order valence-electron chi connectivity index (χ2n) is 6.47. The van der Waals surface area contributed by atoms with Crippen molar-refractivity contribution in [1.82, 2.24) is 9.62 Å². The largest absolute Gasteiger partial charge is 0.490 e. The maximum absolute atomic E-state index is 12.7. The Bertz CT molecular complexity index is 729. The molecule has 25 heavy (non-hydrogen) atoms. The lowest BCUT2D eigenvalue weighted by Gasteiger charge is -2.19. The molecule has 1 heterocycles. The second-order valence-corrected chi connectivity index (χ2v) is 8.51. The third kappa shape index (κ3) is 4.24. The predicted octanol–water partition coefficient (Wildman–Crippen LogP) is 1.53. The Morgan fingerprint density at radius 1 is 1.16 bits per heavy atom. The first kappa shape index (κ1) is 18.0. The van der Waals surface area contributed by atoms with Crippen molar-refractivity contribution in [3.05, 3.63) is 18.2 Å². The molecule has 0 radical (unpaired) electrons. The zero-order chi connectivity index (χ0) is 17.9. The van der Waals surface area contributed by atoms with Gasteiger partial charge in [0.2, 0.25) is 15.9 Å². The minimum Gasteiger partial charge on any atom is -0.490 e. The van der Waals surface area contributed by atoms with Crippen molar-refractivity contribution in [3.63, 3.8) is 0 Å². The number of likely N-dealkylation sites (N-methyl/N-ethyl adjacent to an activating group) is 1. The number of hydrogen-bond donors (Lipinski definition) is 1. The van der Waals surface area contributed by atoms with Gasteiger partial charge in [-0.2, -0.15) is 4.31 Å². The number of sulfonamides is 1. The molecule has 1 aliphatic heterocycles. The second kappa shape index (κ2) is 7.61. The molecular formula is C17H24N2O5S. The van der Waals surface area contributed by atoms with Crippen LogP contribution in [0, 0.1) is 0 Å². The molecular weight excluding hydrogens is 344 g/mol. The van der Waals surface area contributed by atoms with Gasteiger partial charge in [0.1, 0.15) is 0 Å². The number of rotatable bonds is 5. The molecule has 1 aromatic rings. The normalized spacial score (nSPS) is 18.2. The maximum Gasteiger partial charge on any atom is 0.243 e. The van der Waals surface area contributed by atoms with Gasteiger partial charge in [-0.1, -0.05) is 12.8 Å². The SMILES string of the molecule is CN(CC(=O)NC1CCCC1)S(=O)(=O)c1ccc2c(c1)OCCCO2. The van der Waals surface area contributed by atoms with Crippen LogP contribution in [0.4, 0.5) is 0 Å². The molecule has 1 aromatic carbocycles. The van der Waals surface area contributed by atoms with Crippen molar-refractivity contribution >= 4 is 15.9 Å². The van der Waals surface area contributed by atoms with Gasteiger partial charge >= 0.3 is 0 Å². The highest BCUT2D eigenvalue weighted by Gasteiger charge is 2.26. The molecule has 0 unspecified atom stereocenters. The molecule has 1 aliphatic carbocycles. The molecule has 0 spiro atoms. The van der Waals surface area contributed by atoms with Crippen LogP contribution in [0.15, 0.2) is 23.1 Å². The number of hydrogen-bond acceptors (Lipinski definition) is 5. The van der Waals surface area contributed by atoms with Gasteiger partial charge in [-0.05, 0) is 25.0 Å². The molecule has 1 amide bonds. The fourth-order valence-corrected chi connectivity index (χ4v) is 4.26. The van der Waals surface area contributed by atoms with Crippen LogP contribution in [0.5, 0.6) is 11.5 Å². The fourth-order valence-electron chi connectivity index (χ4n) is 3.11. The Labute approximate surface area is 148 Å². The number of nitrogens with zero attached hydrogens (tertiary/aromatic N) is 1. The topological polar surface area (TPSA) is 84.9 Å². The third-order valence-electron chi connectivity index (χ3n) is 4.51. The summed E-state index contributed by atoms with van der Waals surface area (Å²) in [5, 5.41) is 2.90. The van der Waals surface area contributed by atoms with Gasteiger partial charge in [0.05, 0.1) is 24.7 Å². The van der Waals surface area contributed by atoms with Crippen LogP contribution in [0.25, 0.3) is 0 Å². The van der Waals surface area contributed by atoms with E-state index in [9.17, 15) is 13.2 Å². The van der Waals surface area contributed by atoms with Gasteiger partial charge in [0.15, 0.2) is 11.5 Å². The zero-order valence-electron chi connectivity index (χ0n) is 14.4. The molecule has 138 valence electrons. The standard InChI is InChI=1S/C17H24N2O5S/c1-19(12-17(20)18-13-5-2-3-6-13)25(21,22)14-7-8-15-16(11-14)24-10-4-9-23-15/h7-8,11,13H,2-6,9-10,12H2,1H3,(H,18,20). The first-order valence-corrected chi connectivity index (χ1v) is 10.1. The Hall–Kier alpha value is -1.80. The number of nitrogens with one attached hydrogen (secondary N) is 1. The van der Waals surface area contributed by atoms with Gasteiger partial charge in [-0.15, -0.1) is 0 Å². The first-order chi connectivity index (χ1) is 12.0. The monoisotopic (exact) mass is 368 g/mol. The van der Waals surface area contributed by atoms with E-state index < -0.39 is 10.0 Å². The first-order valence-electron chi connectivity index (χ1n) is 8.62. The van der Waals surface area contributed by atoms with E-state index in [0.717, 1.165) is 36.4 Å².